The van der Waals surface area contributed by atoms with Crippen LogP contribution in [0.3, 0.4) is 0 Å². The van der Waals surface area contributed by atoms with Gasteiger partial charge in [-0.25, -0.2) is 0 Å². The molecule has 0 aromatic carbocycles. The fourth-order valence-electron chi connectivity index (χ4n) is 0.315. The van der Waals surface area contributed by atoms with Gasteiger partial charge in [0.1, 0.15) is 0 Å². The molecule has 1 nitrogen and oxygen atoms in total. The molecule has 0 saturated carbocycles. The van der Waals surface area contributed by atoms with Gasteiger partial charge in [-0.1, -0.05) is 12.6 Å². The van der Waals surface area contributed by atoms with E-state index in [9.17, 15) is 0 Å². The van der Waals surface area contributed by atoms with Crippen molar-refractivity contribution in [1.29, 1.82) is 0 Å². The van der Waals surface area contributed by atoms with Gasteiger partial charge in [0.2, 0.25) is 0 Å². The summed E-state index contributed by atoms with van der Waals surface area (Å²) in [5.74, 6) is 0. The van der Waals surface area contributed by atoms with E-state index in [4.69, 9.17) is 6.85 Å². The van der Waals surface area contributed by atoms with Crippen LogP contribution in [0.15, 0.2) is 31.0 Å². The maximum atomic E-state index is 7.33. The normalized spacial score (nSPS) is 17.2. The molecule has 1 aromatic rings. The third-order valence-corrected chi connectivity index (χ3v) is 0.650. The smallest absolute Gasteiger partial charge is 0.0840 e. The summed E-state index contributed by atoms with van der Waals surface area (Å²) >= 11 is 0. The third kappa shape index (κ3) is 0.936. The molecule has 0 bridgehead atoms. The molecule has 0 aliphatic rings. The van der Waals surface area contributed by atoms with Crippen molar-refractivity contribution in [1.82, 2.24) is 4.98 Å². The van der Waals surface area contributed by atoms with Gasteiger partial charge in [-0.2, -0.15) is 0 Å². The molecule has 0 aliphatic carbocycles. The van der Waals surface area contributed by atoms with Gasteiger partial charge >= 0.3 is 0 Å². The Kier molecular flexibility index (Phi) is 0.478. The fraction of sp³-hybridized carbons (Fsp3) is 0. The molecule has 0 aliphatic heterocycles. The van der Waals surface area contributed by atoms with Crippen LogP contribution < -0.4 is 0 Å². The van der Waals surface area contributed by atoms with Gasteiger partial charge in [0, 0.05) is 12.3 Å². The summed E-state index contributed by atoms with van der Waals surface area (Å²) in [6, 6.07) is -0.874. The molecule has 0 atom stereocenters. The van der Waals surface area contributed by atoms with Crippen molar-refractivity contribution in [2.24, 2.45) is 0 Å². The second-order valence-corrected chi connectivity index (χ2v) is 1.14. The molecule has 1 aromatic heterocycles. The predicted octanol–water partition coefficient (Wildman–Crippen LogP) is 1.72. The lowest BCUT2D eigenvalue weighted by atomic mass is 10.3. The minimum Gasteiger partial charge on any atom is -0.265 e. The van der Waals surface area contributed by atoms with Crippen LogP contribution in [-0.4, -0.2) is 4.98 Å². The van der Waals surface area contributed by atoms with Gasteiger partial charge in [-0.15, -0.1) is 0 Å². The Morgan fingerprint density at radius 2 is 2.38 bits per heavy atom. The van der Waals surface area contributed by atoms with Gasteiger partial charge in [-0.05, 0) is 17.6 Å². The summed E-state index contributed by atoms with van der Waals surface area (Å²) in [6.45, 7) is 3.26. The predicted molar refractivity (Wildman–Crippen MR) is 34.3 cm³/mol. The highest BCUT2D eigenvalue weighted by Gasteiger charge is 1.76. The van der Waals surface area contributed by atoms with Gasteiger partial charge in [0.15, 0.2) is 0 Å². The topological polar surface area (TPSA) is 12.9 Å². The van der Waals surface area contributed by atoms with Crippen LogP contribution in [0, 0.1) is 0 Å². The highest BCUT2D eigenvalue weighted by Crippen LogP contribution is 1.94. The van der Waals surface area contributed by atoms with Gasteiger partial charge in [0.25, 0.3) is 0 Å². The molecule has 8 heavy (non-hydrogen) atoms. The van der Waals surface area contributed by atoms with Crippen molar-refractivity contribution in [2.45, 2.75) is 0 Å². The minimum absolute atomic E-state index is 0.0926. The van der Waals surface area contributed by atoms with Crippen molar-refractivity contribution in [3.63, 3.8) is 0 Å². The summed E-state index contributed by atoms with van der Waals surface area (Å²) in [7, 11) is 0. The molecule has 0 N–H and O–H groups in total. The van der Waals surface area contributed by atoms with Crippen LogP contribution in [0.4, 0.5) is 0 Å². The number of rotatable bonds is 1. The molecule has 1 heteroatoms. The summed E-state index contributed by atoms with van der Waals surface area (Å²) in [5, 5.41) is 0. The monoisotopic (exact) mass is 110 g/mol. The quantitative estimate of drug-likeness (QED) is 0.536. The highest BCUT2D eigenvalue weighted by molar-refractivity contribution is 5.44. The number of hydrogen-bond donors (Lipinski definition) is 0. The van der Waals surface area contributed by atoms with Gasteiger partial charge in [0.05, 0.1) is 6.85 Å². The average molecular weight is 110 g/mol. The van der Waals surface area contributed by atoms with Crippen molar-refractivity contribution in [3.05, 3.63) is 36.6 Å². The van der Waals surface area contributed by atoms with Crippen molar-refractivity contribution < 1.29 is 6.85 Å². The van der Waals surface area contributed by atoms with E-state index in [1.54, 1.807) is 0 Å². The molecule has 0 amide bonds. The van der Waals surface area contributed by atoms with E-state index in [2.05, 4.69) is 11.6 Å². The Balaban J connectivity index is 3.56. The average Bonchev–Trinajstić information content (AvgIpc) is 2.01. The molecule has 0 saturated heterocycles. The second kappa shape index (κ2) is 2.26. The molecular formula is C7H7N. The van der Waals surface area contributed by atoms with E-state index in [0.29, 0.717) is 0 Å². The van der Waals surface area contributed by atoms with Crippen LogP contribution in [-0.2, 0) is 0 Å². The van der Waals surface area contributed by atoms with Crippen molar-refractivity contribution in [3.8, 4) is 0 Å². The van der Waals surface area contributed by atoms with E-state index >= 15 is 0 Å². The lowest BCUT2D eigenvalue weighted by Gasteiger charge is -1.84. The third-order valence-electron chi connectivity index (χ3n) is 0.650. The maximum absolute atomic E-state index is 7.33. The zero-order valence-electron chi connectivity index (χ0n) is 9.15. The Morgan fingerprint density at radius 3 is 2.88 bits per heavy atom. The molecule has 1 heterocycles. The summed E-state index contributed by atoms with van der Waals surface area (Å²) < 4.78 is 36.2. The molecule has 0 radical (unpaired) electrons. The van der Waals surface area contributed by atoms with Crippen molar-refractivity contribution in [2.75, 3.05) is 0 Å². The lowest BCUT2D eigenvalue weighted by Crippen LogP contribution is -1.69. The number of pyridine rings is 1. The fourth-order valence-corrected chi connectivity index (χ4v) is 0.315. The van der Waals surface area contributed by atoms with E-state index in [1.165, 1.54) is 0 Å². The first-order valence-electron chi connectivity index (χ1n) is 4.55. The van der Waals surface area contributed by atoms with Crippen LogP contribution >= 0.6 is 0 Å². The Bertz CT molecular complexity index is 347. The minimum atomic E-state index is -0.399. The van der Waals surface area contributed by atoms with Gasteiger partial charge in [-0.3, -0.25) is 4.98 Å². The van der Waals surface area contributed by atoms with Crippen LogP contribution in [0.5, 0.6) is 0 Å². The van der Waals surface area contributed by atoms with Gasteiger partial charge < -0.3 is 0 Å². The second-order valence-electron chi connectivity index (χ2n) is 1.14. The molecular weight excluding hydrogens is 98.1 g/mol. The zero-order chi connectivity index (χ0) is 10.2. The highest BCUT2D eigenvalue weighted by atomic mass is 14.6. The van der Waals surface area contributed by atoms with Crippen LogP contribution in [0.1, 0.15) is 12.4 Å². The van der Waals surface area contributed by atoms with E-state index in [-0.39, 0.29) is 23.7 Å². The largest absolute Gasteiger partial charge is 0.265 e. The Labute approximate surface area is 55.7 Å². The first-order chi connectivity index (χ1) is 5.95. The molecule has 0 unspecified atom stereocenters. The molecule has 0 spiro atoms. The number of nitrogens with zero attached hydrogens (tertiary/aromatic N) is 1. The molecule has 0 fully saturated rings. The SMILES string of the molecule is [2H]C(=C)c1c([2H])c([2H])nc([2H])c1[2H]. The van der Waals surface area contributed by atoms with E-state index in [0.717, 1.165) is 0 Å². The summed E-state index contributed by atoms with van der Waals surface area (Å²) in [4.78, 5) is 3.35. The first-order valence-corrected chi connectivity index (χ1v) is 2.05. The number of aromatic nitrogens is 1. The summed E-state index contributed by atoms with van der Waals surface area (Å²) in [5.41, 5.74) is -0.0926. The zero-order valence-corrected chi connectivity index (χ0v) is 4.15. The van der Waals surface area contributed by atoms with E-state index < -0.39 is 12.3 Å². The summed E-state index contributed by atoms with van der Waals surface area (Å²) in [6.07, 6.45) is -0.797. The lowest BCUT2D eigenvalue weighted by molar-refractivity contribution is 1.32. The van der Waals surface area contributed by atoms with Crippen LogP contribution in [0.2, 0.25) is 0 Å². The van der Waals surface area contributed by atoms with Crippen LogP contribution in [0.25, 0.3) is 6.05 Å². The standard InChI is InChI=1S/C7H7N/c1-2-7-3-5-8-6-4-7/h2-6H,1H2/i2D,3D,4D,5D,6D. The molecule has 1 rings (SSSR count). The van der Waals surface area contributed by atoms with E-state index in [1.807, 2.05) is 0 Å². The molecule has 40 valence electrons. The number of hydrogen-bond acceptors (Lipinski definition) is 1. The Hall–Kier alpha value is -1.11. The van der Waals surface area contributed by atoms with Crippen molar-refractivity contribution >= 4 is 6.05 Å². The maximum Gasteiger partial charge on any atom is 0.0840 e. The Morgan fingerprint density at radius 1 is 1.75 bits per heavy atom. The first kappa shape index (κ1) is 1.69.